The van der Waals surface area contributed by atoms with Crippen molar-refractivity contribution < 1.29 is 5.11 Å². The van der Waals surface area contributed by atoms with Crippen LogP contribution in [-0.4, -0.2) is 11.2 Å². The molecular weight excluding hydrogens is 100 g/mol. The molecular formula is C7H12O. The summed E-state index contributed by atoms with van der Waals surface area (Å²) in [4.78, 5) is 0. The van der Waals surface area contributed by atoms with Gasteiger partial charge in [-0.05, 0) is 19.3 Å². The average molecular weight is 112 g/mol. The van der Waals surface area contributed by atoms with Crippen LogP contribution in [0.5, 0.6) is 0 Å². The zero-order valence-electron chi connectivity index (χ0n) is 5.39. The molecule has 0 bridgehead atoms. The highest BCUT2D eigenvalue weighted by Gasteiger charge is 2.18. The molecule has 1 heteroatoms. The Labute approximate surface area is 50.0 Å². The lowest BCUT2D eigenvalue weighted by molar-refractivity contribution is 0.175. The first-order chi connectivity index (χ1) is 3.70. The van der Waals surface area contributed by atoms with Crippen LogP contribution >= 0.6 is 0 Å². The highest BCUT2D eigenvalue weighted by molar-refractivity contribution is 5.11. The monoisotopic (exact) mass is 112 g/mol. The van der Waals surface area contributed by atoms with Gasteiger partial charge in [0.05, 0.1) is 6.10 Å². The molecule has 1 aliphatic carbocycles. The minimum atomic E-state index is -0.171. The van der Waals surface area contributed by atoms with Crippen molar-refractivity contribution in [3.63, 3.8) is 0 Å². The summed E-state index contributed by atoms with van der Waals surface area (Å²) in [5.74, 6) is 0.454. The van der Waals surface area contributed by atoms with Crippen LogP contribution in [0.4, 0.5) is 0 Å². The second-order valence-corrected chi connectivity index (χ2v) is 2.69. The molecule has 0 fully saturated rings. The third-order valence-corrected chi connectivity index (χ3v) is 1.68. The van der Waals surface area contributed by atoms with E-state index in [1.54, 1.807) is 0 Å². The van der Waals surface area contributed by atoms with Crippen molar-refractivity contribution in [2.75, 3.05) is 0 Å². The Balaban J connectivity index is 2.56. The van der Waals surface area contributed by atoms with Gasteiger partial charge in [0.2, 0.25) is 0 Å². The van der Waals surface area contributed by atoms with Crippen molar-refractivity contribution in [1.82, 2.24) is 0 Å². The standard InChI is InChI=1S/C7H12O/c1-5-3-6(2)7(8)4-5/h4,6-8H,3H2,1-2H3/t6-,7+/m0/s1. The van der Waals surface area contributed by atoms with Gasteiger partial charge in [0, 0.05) is 0 Å². The van der Waals surface area contributed by atoms with Crippen molar-refractivity contribution in [3.8, 4) is 0 Å². The Bertz CT molecular complexity index is 116. The molecule has 1 aliphatic rings. The summed E-state index contributed by atoms with van der Waals surface area (Å²) in [5.41, 5.74) is 1.32. The van der Waals surface area contributed by atoms with Crippen LogP contribution in [-0.2, 0) is 0 Å². The Morgan fingerprint density at radius 2 is 2.38 bits per heavy atom. The molecule has 0 saturated heterocycles. The van der Waals surface area contributed by atoms with E-state index in [4.69, 9.17) is 5.11 Å². The third-order valence-electron chi connectivity index (χ3n) is 1.68. The number of aliphatic hydroxyl groups excluding tert-OH is 1. The van der Waals surface area contributed by atoms with Crippen molar-refractivity contribution in [1.29, 1.82) is 0 Å². The van der Waals surface area contributed by atoms with E-state index in [0.717, 1.165) is 6.42 Å². The number of hydrogen-bond donors (Lipinski definition) is 1. The molecule has 0 radical (unpaired) electrons. The van der Waals surface area contributed by atoms with Crippen molar-refractivity contribution in [3.05, 3.63) is 11.6 Å². The fraction of sp³-hybridized carbons (Fsp3) is 0.714. The van der Waals surface area contributed by atoms with Gasteiger partial charge < -0.3 is 5.11 Å². The summed E-state index contributed by atoms with van der Waals surface area (Å²) in [5, 5.41) is 9.09. The van der Waals surface area contributed by atoms with Gasteiger partial charge in [0.25, 0.3) is 0 Å². The predicted molar refractivity (Wildman–Crippen MR) is 33.5 cm³/mol. The number of allylic oxidation sites excluding steroid dienone is 1. The van der Waals surface area contributed by atoms with Crippen LogP contribution < -0.4 is 0 Å². The molecule has 1 rings (SSSR count). The van der Waals surface area contributed by atoms with E-state index in [1.165, 1.54) is 5.57 Å². The van der Waals surface area contributed by atoms with Gasteiger partial charge in [-0.2, -0.15) is 0 Å². The van der Waals surface area contributed by atoms with Gasteiger partial charge in [0.15, 0.2) is 0 Å². The van der Waals surface area contributed by atoms with Crippen LogP contribution in [0, 0.1) is 5.92 Å². The lowest BCUT2D eigenvalue weighted by atomic mass is 10.1. The van der Waals surface area contributed by atoms with Crippen LogP contribution in [0.2, 0.25) is 0 Å². The highest BCUT2D eigenvalue weighted by Crippen LogP contribution is 2.23. The molecule has 1 N–H and O–H groups in total. The normalized spacial score (nSPS) is 37.6. The molecule has 0 unspecified atom stereocenters. The van der Waals surface area contributed by atoms with E-state index in [2.05, 4.69) is 13.8 Å². The topological polar surface area (TPSA) is 20.2 Å². The molecule has 1 nitrogen and oxygen atoms in total. The van der Waals surface area contributed by atoms with E-state index in [1.807, 2.05) is 6.08 Å². The number of hydrogen-bond acceptors (Lipinski definition) is 1. The molecule has 0 amide bonds. The molecule has 8 heavy (non-hydrogen) atoms. The lowest BCUT2D eigenvalue weighted by Crippen LogP contribution is -2.07. The van der Waals surface area contributed by atoms with Crippen LogP contribution in [0.3, 0.4) is 0 Å². The summed E-state index contributed by atoms with van der Waals surface area (Å²) in [7, 11) is 0. The molecule has 0 spiro atoms. The summed E-state index contributed by atoms with van der Waals surface area (Å²) >= 11 is 0. The second kappa shape index (κ2) is 1.90. The van der Waals surface area contributed by atoms with E-state index in [0.29, 0.717) is 5.92 Å². The fourth-order valence-electron chi connectivity index (χ4n) is 1.15. The molecule has 0 aliphatic heterocycles. The van der Waals surface area contributed by atoms with Gasteiger partial charge in [-0.15, -0.1) is 0 Å². The molecule has 0 saturated carbocycles. The van der Waals surface area contributed by atoms with Gasteiger partial charge in [0.1, 0.15) is 0 Å². The largest absolute Gasteiger partial charge is 0.389 e. The van der Waals surface area contributed by atoms with E-state index < -0.39 is 0 Å². The highest BCUT2D eigenvalue weighted by atomic mass is 16.3. The van der Waals surface area contributed by atoms with Crippen LogP contribution in [0.25, 0.3) is 0 Å². The van der Waals surface area contributed by atoms with Gasteiger partial charge in [-0.3, -0.25) is 0 Å². The van der Waals surface area contributed by atoms with E-state index in [-0.39, 0.29) is 6.10 Å². The predicted octanol–water partition coefficient (Wildman–Crippen LogP) is 1.33. The van der Waals surface area contributed by atoms with E-state index in [9.17, 15) is 0 Å². The maximum atomic E-state index is 9.09. The Morgan fingerprint density at radius 1 is 1.75 bits per heavy atom. The zero-order valence-corrected chi connectivity index (χ0v) is 5.39. The third kappa shape index (κ3) is 0.920. The quantitative estimate of drug-likeness (QED) is 0.469. The van der Waals surface area contributed by atoms with Crippen molar-refractivity contribution in [2.45, 2.75) is 26.4 Å². The van der Waals surface area contributed by atoms with Crippen LogP contribution in [0.15, 0.2) is 11.6 Å². The summed E-state index contributed by atoms with van der Waals surface area (Å²) in [6.45, 7) is 4.13. The first-order valence-corrected chi connectivity index (χ1v) is 3.05. The molecule has 0 aromatic heterocycles. The van der Waals surface area contributed by atoms with Gasteiger partial charge in [-0.1, -0.05) is 18.6 Å². The summed E-state index contributed by atoms with van der Waals surface area (Å²) < 4.78 is 0. The molecule has 46 valence electrons. The van der Waals surface area contributed by atoms with Crippen molar-refractivity contribution in [2.24, 2.45) is 5.92 Å². The Kier molecular flexibility index (Phi) is 1.39. The maximum Gasteiger partial charge on any atom is 0.0751 e. The first kappa shape index (κ1) is 5.83. The molecule has 0 aromatic rings. The maximum absolute atomic E-state index is 9.09. The molecule has 2 atom stereocenters. The summed E-state index contributed by atoms with van der Waals surface area (Å²) in [6.07, 6.45) is 2.83. The summed E-state index contributed by atoms with van der Waals surface area (Å²) in [6, 6.07) is 0. The first-order valence-electron chi connectivity index (χ1n) is 3.05. The van der Waals surface area contributed by atoms with Gasteiger partial charge >= 0.3 is 0 Å². The fourth-order valence-corrected chi connectivity index (χ4v) is 1.15. The molecule has 0 aromatic carbocycles. The lowest BCUT2D eigenvalue weighted by Gasteiger charge is -2.04. The minimum Gasteiger partial charge on any atom is -0.389 e. The number of rotatable bonds is 0. The SMILES string of the molecule is CC1=C[C@@H](O)[C@@H](C)C1. The molecule has 0 heterocycles. The second-order valence-electron chi connectivity index (χ2n) is 2.69. The smallest absolute Gasteiger partial charge is 0.0751 e. The van der Waals surface area contributed by atoms with Crippen molar-refractivity contribution >= 4 is 0 Å². The zero-order chi connectivity index (χ0) is 6.15. The Hall–Kier alpha value is -0.300. The minimum absolute atomic E-state index is 0.171. The van der Waals surface area contributed by atoms with Crippen LogP contribution in [0.1, 0.15) is 20.3 Å². The van der Waals surface area contributed by atoms with E-state index >= 15 is 0 Å². The number of aliphatic hydroxyl groups is 1. The Morgan fingerprint density at radius 3 is 2.50 bits per heavy atom. The van der Waals surface area contributed by atoms with Gasteiger partial charge in [-0.25, -0.2) is 0 Å². The average Bonchev–Trinajstić information content (AvgIpc) is 1.85.